The molecule has 0 bridgehead atoms. The minimum atomic E-state index is 0.0673. The van der Waals surface area contributed by atoms with Crippen molar-refractivity contribution >= 4 is 5.91 Å². The Labute approximate surface area is 91.8 Å². The zero-order valence-corrected chi connectivity index (χ0v) is 9.88. The van der Waals surface area contributed by atoms with Crippen molar-refractivity contribution < 1.29 is 9.53 Å². The highest BCUT2D eigenvalue weighted by atomic mass is 16.5. The molecule has 88 valence electrons. The van der Waals surface area contributed by atoms with E-state index in [9.17, 15) is 4.79 Å². The molecular formula is C11H22N2O2. The van der Waals surface area contributed by atoms with Crippen molar-refractivity contribution in [3.8, 4) is 0 Å². The van der Waals surface area contributed by atoms with E-state index in [1.165, 1.54) is 0 Å². The zero-order valence-electron chi connectivity index (χ0n) is 9.88. The van der Waals surface area contributed by atoms with Gasteiger partial charge in [0.25, 0.3) is 0 Å². The lowest BCUT2D eigenvalue weighted by Crippen LogP contribution is -2.44. The van der Waals surface area contributed by atoms with E-state index in [0.717, 1.165) is 19.4 Å². The second kappa shape index (κ2) is 6.08. The van der Waals surface area contributed by atoms with E-state index in [1.54, 1.807) is 0 Å². The molecule has 15 heavy (non-hydrogen) atoms. The Bertz CT molecular complexity index is 209. The van der Waals surface area contributed by atoms with Crippen LogP contribution in [0, 0.1) is 0 Å². The van der Waals surface area contributed by atoms with Gasteiger partial charge in [-0.1, -0.05) is 6.92 Å². The Morgan fingerprint density at radius 1 is 1.60 bits per heavy atom. The molecule has 1 saturated heterocycles. The van der Waals surface area contributed by atoms with Gasteiger partial charge in [0.2, 0.25) is 5.91 Å². The topological polar surface area (TPSA) is 50.4 Å². The zero-order chi connectivity index (χ0) is 11.3. The fourth-order valence-electron chi connectivity index (χ4n) is 1.59. The summed E-state index contributed by atoms with van der Waals surface area (Å²) in [6.07, 6.45) is 2.12. The van der Waals surface area contributed by atoms with E-state index in [1.807, 2.05) is 6.92 Å². The summed E-state index contributed by atoms with van der Waals surface area (Å²) < 4.78 is 5.38. The maximum Gasteiger partial charge on any atom is 0.234 e. The van der Waals surface area contributed by atoms with Crippen molar-refractivity contribution in [1.82, 2.24) is 10.6 Å². The molecule has 0 aromatic rings. The molecule has 1 amide bonds. The van der Waals surface area contributed by atoms with Gasteiger partial charge in [-0.25, -0.2) is 0 Å². The van der Waals surface area contributed by atoms with Gasteiger partial charge >= 0.3 is 0 Å². The standard InChI is InChI=1S/C11H22N2O2/c1-4-8(2)12-7-11(14)13-10-5-6-15-9(10)3/h8-10,12H,4-7H2,1-3H3,(H,13,14). The molecule has 3 unspecified atom stereocenters. The molecule has 1 aliphatic heterocycles. The largest absolute Gasteiger partial charge is 0.376 e. The van der Waals surface area contributed by atoms with Gasteiger partial charge < -0.3 is 15.4 Å². The van der Waals surface area contributed by atoms with Crippen molar-refractivity contribution in [2.45, 2.75) is 51.8 Å². The van der Waals surface area contributed by atoms with Gasteiger partial charge in [-0.05, 0) is 26.7 Å². The predicted molar refractivity (Wildman–Crippen MR) is 59.7 cm³/mol. The van der Waals surface area contributed by atoms with Gasteiger partial charge in [0.1, 0.15) is 0 Å². The van der Waals surface area contributed by atoms with Gasteiger partial charge in [-0.3, -0.25) is 4.79 Å². The molecule has 1 rings (SSSR count). The monoisotopic (exact) mass is 214 g/mol. The van der Waals surface area contributed by atoms with Crippen LogP contribution < -0.4 is 10.6 Å². The molecule has 3 atom stereocenters. The lowest BCUT2D eigenvalue weighted by Gasteiger charge is -2.17. The summed E-state index contributed by atoms with van der Waals surface area (Å²) in [5.41, 5.74) is 0. The Morgan fingerprint density at radius 2 is 2.33 bits per heavy atom. The molecule has 1 fully saturated rings. The third-order valence-corrected chi connectivity index (χ3v) is 2.95. The summed E-state index contributed by atoms with van der Waals surface area (Å²) in [7, 11) is 0. The molecule has 1 heterocycles. The summed E-state index contributed by atoms with van der Waals surface area (Å²) in [6.45, 7) is 7.33. The molecule has 0 radical (unpaired) electrons. The molecule has 1 aliphatic rings. The molecule has 0 aromatic carbocycles. The number of ether oxygens (including phenoxy) is 1. The van der Waals surface area contributed by atoms with Crippen LogP contribution in [-0.2, 0) is 9.53 Å². The number of rotatable bonds is 5. The van der Waals surface area contributed by atoms with Crippen LogP contribution in [0.5, 0.6) is 0 Å². The number of carbonyl (C=O) groups is 1. The van der Waals surface area contributed by atoms with Crippen LogP contribution in [-0.4, -0.2) is 37.2 Å². The molecule has 4 heteroatoms. The quantitative estimate of drug-likeness (QED) is 0.707. The van der Waals surface area contributed by atoms with E-state index in [4.69, 9.17) is 4.74 Å². The van der Waals surface area contributed by atoms with Crippen molar-refractivity contribution in [3.63, 3.8) is 0 Å². The van der Waals surface area contributed by atoms with E-state index < -0.39 is 0 Å². The molecule has 0 spiro atoms. The van der Waals surface area contributed by atoms with E-state index in [2.05, 4.69) is 24.5 Å². The summed E-state index contributed by atoms with van der Waals surface area (Å²) >= 11 is 0. The van der Waals surface area contributed by atoms with Gasteiger partial charge in [-0.2, -0.15) is 0 Å². The van der Waals surface area contributed by atoms with Crippen LogP contribution in [0.2, 0.25) is 0 Å². The highest BCUT2D eigenvalue weighted by Crippen LogP contribution is 2.11. The van der Waals surface area contributed by atoms with Gasteiger partial charge in [-0.15, -0.1) is 0 Å². The first-order valence-corrected chi connectivity index (χ1v) is 5.77. The number of carbonyl (C=O) groups excluding carboxylic acids is 1. The van der Waals surface area contributed by atoms with Crippen LogP contribution in [0.15, 0.2) is 0 Å². The second-order valence-electron chi connectivity index (χ2n) is 4.23. The Hall–Kier alpha value is -0.610. The summed E-state index contributed by atoms with van der Waals surface area (Å²) in [5, 5.41) is 6.15. The second-order valence-corrected chi connectivity index (χ2v) is 4.23. The van der Waals surface area contributed by atoms with E-state index in [-0.39, 0.29) is 18.1 Å². The van der Waals surface area contributed by atoms with E-state index >= 15 is 0 Å². The first kappa shape index (κ1) is 12.5. The fraction of sp³-hybridized carbons (Fsp3) is 0.909. The maximum absolute atomic E-state index is 11.5. The predicted octanol–water partition coefficient (Wildman–Crippen LogP) is 0.668. The molecule has 0 aliphatic carbocycles. The third kappa shape index (κ3) is 4.18. The minimum Gasteiger partial charge on any atom is -0.376 e. The molecule has 0 saturated carbocycles. The Balaban J connectivity index is 2.18. The first-order valence-electron chi connectivity index (χ1n) is 5.77. The minimum absolute atomic E-state index is 0.0673. The SMILES string of the molecule is CCC(C)NCC(=O)NC1CCOC1C. The summed E-state index contributed by atoms with van der Waals surface area (Å²) in [5.74, 6) is 0.0673. The van der Waals surface area contributed by atoms with Crippen LogP contribution in [0.4, 0.5) is 0 Å². The first-order chi connectivity index (χ1) is 7.13. The molecule has 4 nitrogen and oxygen atoms in total. The summed E-state index contributed by atoms with van der Waals surface area (Å²) in [6, 6.07) is 0.587. The van der Waals surface area contributed by atoms with Crippen LogP contribution in [0.1, 0.15) is 33.6 Å². The molecule has 0 aromatic heterocycles. The third-order valence-electron chi connectivity index (χ3n) is 2.95. The number of hydrogen-bond acceptors (Lipinski definition) is 3. The smallest absolute Gasteiger partial charge is 0.234 e. The highest BCUT2D eigenvalue weighted by molar-refractivity contribution is 5.78. The lowest BCUT2D eigenvalue weighted by molar-refractivity contribution is -0.121. The average molecular weight is 214 g/mol. The maximum atomic E-state index is 11.5. The van der Waals surface area contributed by atoms with Gasteiger partial charge in [0, 0.05) is 12.6 Å². The molecule has 2 N–H and O–H groups in total. The fourth-order valence-corrected chi connectivity index (χ4v) is 1.59. The lowest BCUT2D eigenvalue weighted by atomic mass is 10.1. The van der Waals surface area contributed by atoms with Crippen molar-refractivity contribution in [2.24, 2.45) is 0 Å². The number of hydrogen-bond donors (Lipinski definition) is 2. The number of nitrogens with one attached hydrogen (secondary N) is 2. The van der Waals surface area contributed by atoms with Crippen molar-refractivity contribution in [3.05, 3.63) is 0 Å². The van der Waals surface area contributed by atoms with Crippen molar-refractivity contribution in [2.75, 3.05) is 13.2 Å². The van der Waals surface area contributed by atoms with Crippen LogP contribution in [0.3, 0.4) is 0 Å². The normalized spacial score (nSPS) is 27.7. The average Bonchev–Trinajstić information content (AvgIpc) is 2.61. The number of amides is 1. The van der Waals surface area contributed by atoms with Gasteiger partial charge in [0.15, 0.2) is 0 Å². The van der Waals surface area contributed by atoms with E-state index in [0.29, 0.717) is 12.6 Å². The Kier molecular flexibility index (Phi) is 5.05. The summed E-state index contributed by atoms with van der Waals surface area (Å²) in [4.78, 5) is 11.5. The van der Waals surface area contributed by atoms with Crippen LogP contribution >= 0.6 is 0 Å². The van der Waals surface area contributed by atoms with Crippen molar-refractivity contribution in [1.29, 1.82) is 0 Å². The highest BCUT2D eigenvalue weighted by Gasteiger charge is 2.25. The van der Waals surface area contributed by atoms with Gasteiger partial charge in [0.05, 0.1) is 18.7 Å². The Morgan fingerprint density at radius 3 is 2.87 bits per heavy atom. The van der Waals surface area contributed by atoms with Crippen LogP contribution in [0.25, 0.3) is 0 Å². The molecular weight excluding hydrogens is 192 g/mol.